The van der Waals surface area contributed by atoms with Crippen molar-refractivity contribution in [1.82, 2.24) is 4.90 Å². The zero-order valence-electron chi connectivity index (χ0n) is 8.35. The summed E-state index contributed by atoms with van der Waals surface area (Å²) in [5.41, 5.74) is 0.978. The lowest BCUT2D eigenvalue weighted by Gasteiger charge is -2.23. The van der Waals surface area contributed by atoms with Crippen molar-refractivity contribution in [3.8, 4) is 0 Å². The molecule has 1 unspecified atom stereocenters. The van der Waals surface area contributed by atoms with Crippen LogP contribution in [0.3, 0.4) is 0 Å². The summed E-state index contributed by atoms with van der Waals surface area (Å²) in [5, 5.41) is 0. The second-order valence-electron chi connectivity index (χ2n) is 3.51. The van der Waals surface area contributed by atoms with Crippen molar-refractivity contribution >= 4 is 5.91 Å². The monoisotopic (exact) mass is 167 g/mol. The minimum Gasteiger partial charge on any atom is -0.342 e. The number of hydrogen-bond acceptors (Lipinski definition) is 1. The van der Waals surface area contributed by atoms with E-state index >= 15 is 0 Å². The molecule has 2 nitrogen and oxygen atoms in total. The molecule has 0 N–H and O–H groups in total. The molecule has 12 heavy (non-hydrogen) atoms. The normalized spacial score (nSPS) is 26.5. The molecular weight excluding hydrogens is 150 g/mol. The van der Waals surface area contributed by atoms with Crippen molar-refractivity contribution in [2.45, 2.75) is 27.7 Å². The van der Waals surface area contributed by atoms with Gasteiger partial charge in [0.05, 0.1) is 5.41 Å². The fourth-order valence-corrected chi connectivity index (χ4v) is 1.47. The highest BCUT2D eigenvalue weighted by Gasteiger charge is 2.44. The van der Waals surface area contributed by atoms with Gasteiger partial charge in [0.1, 0.15) is 0 Å². The molecule has 2 heteroatoms. The highest BCUT2D eigenvalue weighted by Crippen LogP contribution is 2.44. The second-order valence-corrected chi connectivity index (χ2v) is 3.51. The molecule has 0 aromatic carbocycles. The van der Waals surface area contributed by atoms with Gasteiger partial charge in [0.15, 0.2) is 0 Å². The van der Waals surface area contributed by atoms with Crippen LogP contribution in [-0.4, -0.2) is 23.9 Å². The summed E-state index contributed by atoms with van der Waals surface area (Å²) in [6, 6.07) is 0. The van der Waals surface area contributed by atoms with Crippen molar-refractivity contribution in [3.63, 3.8) is 0 Å². The van der Waals surface area contributed by atoms with E-state index in [1.54, 1.807) is 0 Å². The van der Waals surface area contributed by atoms with Gasteiger partial charge in [-0.1, -0.05) is 11.6 Å². The van der Waals surface area contributed by atoms with Gasteiger partial charge in [0, 0.05) is 13.1 Å². The molecule has 0 saturated heterocycles. The number of carbonyl (C=O) groups is 1. The van der Waals surface area contributed by atoms with Gasteiger partial charge in [0.25, 0.3) is 0 Å². The van der Waals surface area contributed by atoms with Crippen molar-refractivity contribution in [3.05, 3.63) is 11.6 Å². The van der Waals surface area contributed by atoms with Gasteiger partial charge in [-0.2, -0.15) is 0 Å². The van der Waals surface area contributed by atoms with Gasteiger partial charge in [-0.25, -0.2) is 0 Å². The summed E-state index contributed by atoms with van der Waals surface area (Å²) in [6.45, 7) is 9.66. The molecule has 68 valence electrons. The van der Waals surface area contributed by atoms with E-state index < -0.39 is 0 Å². The first-order valence-electron chi connectivity index (χ1n) is 4.55. The fraction of sp³-hybridized carbons (Fsp3) is 0.700. The summed E-state index contributed by atoms with van der Waals surface area (Å²) in [6.07, 6.45) is 2.04. The molecule has 0 aromatic heterocycles. The first kappa shape index (κ1) is 9.30. The van der Waals surface area contributed by atoms with Gasteiger partial charge >= 0.3 is 0 Å². The van der Waals surface area contributed by atoms with Gasteiger partial charge in [0.2, 0.25) is 5.91 Å². The molecule has 1 rings (SSSR count). The minimum atomic E-state index is -0.230. The van der Waals surface area contributed by atoms with Crippen LogP contribution in [0.15, 0.2) is 11.6 Å². The molecule has 0 radical (unpaired) electrons. The van der Waals surface area contributed by atoms with E-state index in [0.717, 1.165) is 13.1 Å². The number of carbonyl (C=O) groups excluding carboxylic acids is 1. The second kappa shape index (κ2) is 2.92. The standard InChI is InChI=1S/C10H17NO/c1-5-11(6-2)9(12)10(4)7-8(10)3/h7H,5-6H2,1-4H3. The number of hydrogen-bond donors (Lipinski definition) is 0. The quantitative estimate of drug-likeness (QED) is 0.587. The smallest absolute Gasteiger partial charge is 0.236 e. The van der Waals surface area contributed by atoms with E-state index in [1.807, 2.05) is 38.7 Å². The highest BCUT2D eigenvalue weighted by molar-refractivity contribution is 5.92. The van der Waals surface area contributed by atoms with E-state index in [2.05, 4.69) is 0 Å². The molecule has 0 spiro atoms. The zero-order valence-corrected chi connectivity index (χ0v) is 8.35. The van der Waals surface area contributed by atoms with Crippen LogP contribution in [0.5, 0.6) is 0 Å². The highest BCUT2D eigenvalue weighted by atomic mass is 16.2. The molecule has 0 heterocycles. The van der Waals surface area contributed by atoms with Crippen molar-refractivity contribution < 1.29 is 4.79 Å². The van der Waals surface area contributed by atoms with E-state index in [0.29, 0.717) is 0 Å². The molecule has 1 atom stereocenters. The Balaban J connectivity index is 2.59. The van der Waals surface area contributed by atoms with Crippen LogP contribution >= 0.6 is 0 Å². The maximum atomic E-state index is 11.8. The van der Waals surface area contributed by atoms with Crippen LogP contribution in [0.2, 0.25) is 0 Å². The Morgan fingerprint density at radius 3 is 2.17 bits per heavy atom. The molecule has 1 amide bonds. The summed E-state index contributed by atoms with van der Waals surface area (Å²) >= 11 is 0. The Kier molecular flexibility index (Phi) is 2.27. The molecule has 0 fully saturated rings. The SMILES string of the molecule is CCN(CC)C(=O)C1(C)C=C1C. The van der Waals surface area contributed by atoms with E-state index in [-0.39, 0.29) is 11.3 Å². The lowest BCUT2D eigenvalue weighted by atomic mass is 10.0. The lowest BCUT2D eigenvalue weighted by Crippen LogP contribution is -2.36. The number of amides is 1. The van der Waals surface area contributed by atoms with Crippen LogP contribution in [0.25, 0.3) is 0 Å². The predicted octanol–water partition coefficient (Wildman–Crippen LogP) is 1.82. The largest absolute Gasteiger partial charge is 0.342 e. The fourth-order valence-electron chi connectivity index (χ4n) is 1.47. The van der Waals surface area contributed by atoms with Gasteiger partial charge in [-0.3, -0.25) is 4.79 Å². The molecule has 1 aliphatic carbocycles. The van der Waals surface area contributed by atoms with E-state index in [4.69, 9.17) is 0 Å². The maximum Gasteiger partial charge on any atom is 0.236 e. The third-order valence-corrected chi connectivity index (χ3v) is 2.74. The van der Waals surface area contributed by atoms with Crippen molar-refractivity contribution in [2.24, 2.45) is 5.41 Å². The first-order valence-corrected chi connectivity index (χ1v) is 4.55. The lowest BCUT2D eigenvalue weighted by molar-refractivity contribution is -0.135. The molecular formula is C10H17NO. The average molecular weight is 167 g/mol. The van der Waals surface area contributed by atoms with Crippen LogP contribution in [0, 0.1) is 5.41 Å². The summed E-state index contributed by atoms with van der Waals surface area (Å²) in [4.78, 5) is 13.7. The van der Waals surface area contributed by atoms with Crippen molar-refractivity contribution in [1.29, 1.82) is 0 Å². The Morgan fingerprint density at radius 2 is 1.92 bits per heavy atom. The molecule has 0 aromatic rings. The molecule has 0 bridgehead atoms. The zero-order chi connectivity index (χ0) is 9.35. The van der Waals surface area contributed by atoms with Crippen molar-refractivity contribution in [2.75, 3.05) is 13.1 Å². The number of rotatable bonds is 3. The summed E-state index contributed by atoms with van der Waals surface area (Å²) in [7, 11) is 0. The molecule has 1 aliphatic rings. The Bertz CT molecular complexity index is 228. The summed E-state index contributed by atoms with van der Waals surface area (Å²) < 4.78 is 0. The number of nitrogens with zero attached hydrogens (tertiary/aromatic N) is 1. The predicted molar refractivity (Wildman–Crippen MR) is 49.8 cm³/mol. The third-order valence-electron chi connectivity index (χ3n) is 2.74. The maximum absolute atomic E-state index is 11.8. The average Bonchev–Trinajstić information content (AvgIpc) is 2.64. The van der Waals surface area contributed by atoms with E-state index in [9.17, 15) is 4.79 Å². The van der Waals surface area contributed by atoms with Crippen LogP contribution in [0.1, 0.15) is 27.7 Å². The Morgan fingerprint density at radius 1 is 1.50 bits per heavy atom. The first-order chi connectivity index (χ1) is 5.56. The minimum absolute atomic E-state index is 0.230. The van der Waals surface area contributed by atoms with Gasteiger partial charge in [-0.05, 0) is 27.7 Å². The topological polar surface area (TPSA) is 20.3 Å². The summed E-state index contributed by atoms with van der Waals surface area (Å²) in [5.74, 6) is 0.255. The van der Waals surface area contributed by atoms with Crippen LogP contribution in [-0.2, 0) is 4.79 Å². The van der Waals surface area contributed by atoms with Gasteiger partial charge in [-0.15, -0.1) is 0 Å². The molecule has 0 aliphatic heterocycles. The Labute approximate surface area is 74.2 Å². The van der Waals surface area contributed by atoms with Crippen LogP contribution < -0.4 is 0 Å². The van der Waals surface area contributed by atoms with E-state index in [1.165, 1.54) is 5.57 Å². The van der Waals surface area contributed by atoms with Crippen LogP contribution in [0.4, 0.5) is 0 Å². The Hall–Kier alpha value is -0.790. The third kappa shape index (κ3) is 1.26. The molecule has 0 saturated carbocycles. The van der Waals surface area contributed by atoms with Gasteiger partial charge < -0.3 is 4.90 Å².